The van der Waals surface area contributed by atoms with E-state index in [-0.39, 0.29) is 37.0 Å². The molecule has 0 spiro atoms. The van der Waals surface area contributed by atoms with Crippen LogP contribution in [0.4, 0.5) is 0 Å². The van der Waals surface area contributed by atoms with Gasteiger partial charge in [-0.15, -0.1) is 0 Å². The van der Waals surface area contributed by atoms with Crippen molar-refractivity contribution in [1.29, 1.82) is 0 Å². The van der Waals surface area contributed by atoms with Crippen molar-refractivity contribution in [2.24, 2.45) is 11.8 Å². The minimum atomic E-state index is -0.678. The number of rotatable bonds is 11. The van der Waals surface area contributed by atoms with Gasteiger partial charge in [-0.3, -0.25) is 9.59 Å². The molecule has 0 amide bonds. The van der Waals surface area contributed by atoms with Crippen LogP contribution in [0.25, 0.3) is 0 Å². The zero-order chi connectivity index (χ0) is 19.5. The first-order valence-corrected chi connectivity index (χ1v) is 8.92. The molecule has 0 aliphatic heterocycles. The maximum absolute atomic E-state index is 12.0. The van der Waals surface area contributed by atoms with E-state index in [1.165, 1.54) is 0 Å². The lowest BCUT2D eigenvalue weighted by molar-refractivity contribution is -0.161. The van der Waals surface area contributed by atoms with Crippen molar-refractivity contribution in [2.75, 3.05) is 20.3 Å². The van der Waals surface area contributed by atoms with Crippen LogP contribution >= 0.6 is 0 Å². The fourth-order valence-electron chi connectivity index (χ4n) is 2.18. The van der Waals surface area contributed by atoms with Gasteiger partial charge in [0.05, 0.1) is 7.11 Å². The molecular weight excluding hydrogens is 336 g/mol. The van der Waals surface area contributed by atoms with Crippen LogP contribution in [0.2, 0.25) is 0 Å². The van der Waals surface area contributed by atoms with E-state index in [4.69, 9.17) is 18.9 Å². The molecule has 0 bridgehead atoms. The molecule has 1 aromatic carbocycles. The number of carbonyl (C=O) groups excluding carboxylic acids is 2. The average Bonchev–Trinajstić information content (AvgIpc) is 2.56. The number of esters is 2. The fraction of sp³-hybridized carbons (Fsp3) is 0.600. The molecule has 0 aliphatic carbocycles. The number of hydrogen-bond acceptors (Lipinski definition) is 6. The third-order valence-electron chi connectivity index (χ3n) is 3.37. The number of methoxy groups -OCH3 is 1. The molecule has 1 unspecified atom stereocenters. The molecule has 0 heterocycles. The van der Waals surface area contributed by atoms with Crippen LogP contribution < -0.4 is 9.47 Å². The molecule has 0 saturated carbocycles. The summed E-state index contributed by atoms with van der Waals surface area (Å²) in [6.07, 6.45) is -0.0623. The average molecular weight is 366 g/mol. The number of ether oxygens (including phenoxy) is 4. The predicted octanol–water partition coefficient (Wildman–Crippen LogP) is 3.62. The van der Waals surface area contributed by atoms with Gasteiger partial charge in [-0.2, -0.15) is 0 Å². The van der Waals surface area contributed by atoms with E-state index >= 15 is 0 Å². The van der Waals surface area contributed by atoms with Crippen molar-refractivity contribution in [2.45, 2.75) is 46.6 Å². The predicted molar refractivity (Wildman–Crippen MR) is 98.2 cm³/mol. The first-order chi connectivity index (χ1) is 12.3. The van der Waals surface area contributed by atoms with Crippen LogP contribution in [0, 0.1) is 11.8 Å². The largest absolute Gasteiger partial charge is 0.493 e. The van der Waals surface area contributed by atoms with Gasteiger partial charge in [-0.05, 0) is 24.0 Å². The van der Waals surface area contributed by atoms with Gasteiger partial charge in [-0.1, -0.05) is 39.8 Å². The highest BCUT2D eigenvalue weighted by molar-refractivity contribution is 5.70. The molecule has 6 heteroatoms. The third kappa shape index (κ3) is 8.74. The Morgan fingerprint density at radius 2 is 1.46 bits per heavy atom. The van der Waals surface area contributed by atoms with Crippen molar-refractivity contribution in [1.82, 2.24) is 0 Å². The van der Waals surface area contributed by atoms with Crippen LogP contribution in [0.15, 0.2) is 24.3 Å². The molecule has 1 rings (SSSR count). The minimum absolute atomic E-state index is 0.0372. The maximum Gasteiger partial charge on any atom is 0.306 e. The summed E-state index contributed by atoms with van der Waals surface area (Å²) >= 11 is 0. The zero-order valence-electron chi connectivity index (χ0n) is 16.3. The fourth-order valence-corrected chi connectivity index (χ4v) is 2.18. The lowest BCUT2D eigenvalue weighted by Gasteiger charge is -2.20. The highest BCUT2D eigenvalue weighted by Gasteiger charge is 2.20. The van der Waals surface area contributed by atoms with E-state index < -0.39 is 6.10 Å². The van der Waals surface area contributed by atoms with Crippen molar-refractivity contribution < 1.29 is 28.5 Å². The van der Waals surface area contributed by atoms with Gasteiger partial charge in [0.1, 0.15) is 13.2 Å². The highest BCUT2D eigenvalue weighted by atomic mass is 16.6. The van der Waals surface area contributed by atoms with Crippen LogP contribution in [-0.2, 0) is 19.1 Å². The number of carbonyl (C=O) groups is 2. The Morgan fingerprint density at radius 3 is 2.04 bits per heavy atom. The molecule has 146 valence electrons. The smallest absolute Gasteiger partial charge is 0.306 e. The Labute approximate surface area is 155 Å². The summed E-state index contributed by atoms with van der Waals surface area (Å²) in [7, 11) is 1.55. The van der Waals surface area contributed by atoms with Gasteiger partial charge >= 0.3 is 11.9 Å². The van der Waals surface area contributed by atoms with E-state index in [1.54, 1.807) is 19.2 Å². The summed E-state index contributed by atoms with van der Waals surface area (Å²) in [6.45, 7) is 7.77. The van der Waals surface area contributed by atoms with Crippen LogP contribution in [0.5, 0.6) is 11.5 Å². The second kappa shape index (κ2) is 11.4. The normalized spacial score (nSPS) is 12.0. The van der Waals surface area contributed by atoms with E-state index in [1.807, 2.05) is 39.8 Å². The van der Waals surface area contributed by atoms with Crippen LogP contribution in [0.3, 0.4) is 0 Å². The summed E-state index contributed by atoms with van der Waals surface area (Å²) in [5.41, 5.74) is 0. The van der Waals surface area contributed by atoms with Crippen molar-refractivity contribution >= 4 is 11.9 Å². The molecule has 1 atom stereocenters. The number of hydrogen-bond donors (Lipinski definition) is 0. The van der Waals surface area contributed by atoms with Crippen LogP contribution in [0.1, 0.15) is 40.5 Å². The number of benzene rings is 1. The second-order valence-corrected chi connectivity index (χ2v) is 6.95. The standard InChI is InChI=1S/C20H30O6/c1-14(2)10-19(21)25-13-16(26-20(22)11-15(3)4)12-24-18-9-7-6-8-17(18)23-5/h6-9,14-16H,10-13H2,1-5H3. The van der Waals surface area contributed by atoms with Crippen molar-refractivity contribution in [3.8, 4) is 11.5 Å². The van der Waals surface area contributed by atoms with Crippen molar-refractivity contribution in [3.63, 3.8) is 0 Å². The summed E-state index contributed by atoms with van der Waals surface area (Å²) < 4.78 is 21.6. The molecular formula is C20H30O6. The van der Waals surface area contributed by atoms with E-state index in [9.17, 15) is 9.59 Å². The van der Waals surface area contributed by atoms with Crippen molar-refractivity contribution in [3.05, 3.63) is 24.3 Å². The summed E-state index contributed by atoms with van der Waals surface area (Å²) in [5.74, 6) is 0.844. The summed E-state index contributed by atoms with van der Waals surface area (Å²) in [6, 6.07) is 7.19. The van der Waals surface area contributed by atoms with Gasteiger partial charge in [-0.25, -0.2) is 0 Å². The Balaban J connectivity index is 2.66. The molecule has 1 aromatic rings. The van der Waals surface area contributed by atoms with E-state index in [0.29, 0.717) is 24.3 Å². The van der Waals surface area contributed by atoms with Crippen LogP contribution in [-0.4, -0.2) is 38.4 Å². The molecule has 0 aromatic heterocycles. The Hall–Kier alpha value is -2.24. The van der Waals surface area contributed by atoms with Gasteiger partial charge < -0.3 is 18.9 Å². The molecule has 0 N–H and O–H groups in total. The zero-order valence-corrected chi connectivity index (χ0v) is 16.3. The minimum Gasteiger partial charge on any atom is -0.493 e. The Kier molecular flexibility index (Phi) is 9.55. The van der Waals surface area contributed by atoms with Gasteiger partial charge in [0.25, 0.3) is 0 Å². The number of para-hydroxylation sites is 2. The van der Waals surface area contributed by atoms with E-state index in [0.717, 1.165) is 0 Å². The summed E-state index contributed by atoms with van der Waals surface area (Å²) in [4.78, 5) is 23.8. The van der Waals surface area contributed by atoms with Gasteiger partial charge in [0, 0.05) is 12.8 Å². The first-order valence-electron chi connectivity index (χ1n) is 8.92. The quantitative estimate of drug-likeness (QED) is 0.557. The monoisotopic (exact) mass is 366 g/mol. The van der Waals surface area contributed by atoms with Gasteiger partial charge in [0.15, 0.2) is 17.6 Å². The van der Waals surface area contributed by atoms with E-state index in [2.05, 4.69) is 0 Å². The molecule has 0 aliphatic rings. The molecule has 6 nitrogen and oxygen atoms in total. The lowest BCUT2D eigenvalue weighted by atomic mass is 10.1. The maximum atomic E-state index is 12.0. The lowest BCUT2D eigenvalue weighted by Crippen LogP contribution is -2.31. The topological polar surface area (TPSA) is 71.1 Å². The molecule has 0 saturated heterocycles. The SMILES string of the molecule is COc1ccccc1OCC(COC(=O)CC(C)C)OC(=O)CC(C)C. The molecule has 0 fully saturated rings. The second-order valence-electron chi connectivity index (χ2n) is 6.95. The summed E-state index contributed by atoms with van der Waals surface area (Å²) in [5, 5.41) is 0. The Morgan fingerprint density at radius 1 is 0.885 bits per heavy atom. The molecule has 26 heavy (non-hydrogen) atoms. The van der Waals surface area contributed by atoms with Gasteiger partial charge in [0.2, 0.25) is 0 Å². The third-order valence-corrected chi connectivity index (χ3v) is 3.37. The Bertz CT molecular complexity index is 567. The first kappa shape index (κ1) is 21.8. The highest BCUT2D eigenvalue weighted by Crippen LogP contribution is 2.26. The molecule has 0 radical (unpaired) electrons.